The summed E-state index contributed by atoms with van der Waals surface area (Å²) in [5.74, 6) is -0.00920. The summed E-state index contributed by atoms with van der Waals surface area (Å²) < 4.78 is 7.12. The maximum atomic E-state index is 12.6. The molecule has 142 valence electrons. The molecule has 4 rings (SSSR count). The van der Waals surface area contributed by atoms with E-state index in [0.717, 1.165) is 11.3 Å². The first-order valence-corrected chi connectivity index (χ1v) is 9.44. The number of halogens is 1. The first kappa shape index (κ1) is 18.0. The maximum absolute atomic E-state index is 12.6. The van der Waals surface area contributed by atoms with Crippen LogP contribution in [0.2, 0.25) is 5.02 Å². The van der Waals surface area contributed by atoms with Gasteiger partial charge in [0.25, 0.3) is 5.91 Å². The minimum atomic E-state index is -0.0701. The quantitative estimate of drug-likeness (QED) is 0.800. The molecule has 8 heteroatoms. The van der Waals surface area contributed by atoms with Gasteiger partial charge in [0.1, 0.15) is 0 Å². The number of aromatic nitrogens is 2. The minimum absolute atomic E-state index is 0.0610. The molecule has 1 aromatic heterocycles. The smallest absolute Gasteiger partial charge is 0.274 e. The van der Waals surface area contributed by atoms with Gasteiger partial charge in [-0.25, -0.2) is 0 Å². The predicted molar refractivity (Wildman–Crippen MR) is 99.5 cm³/mol. The van der Waals surface area contributed by atoms with Gasteiger partial charge in [-0.2, -0.15) is 5.10 Å². The lowest BCUT2D eigenvalue weighted by molar-refractivity contribution is -0.132. The SMILES string of the molecule is O=C(Cc1ccc(Cl)cc1)N1CCn2nc(C(=O)N3CCOCC3)cc2C1. The van der Waals surface area contributed by atoms with E-state index >= 15 is 0 Å². The van der Waals surface area contributed by atoms with Crippen LogP contribution in [0.4, 0.5) is 0 Å². The number of nitrogens with zero attached hydrogens (tertiary/aromatic N) is 4. The Morgan fingerprint density at radius 3 is 2.52 bits per heavy atom. The van der Waals surface area contributed by atoms with Crippen molar-refractivity contribution in [1.29, 1.82) is 0 Å². The fraction of sp³-hybridized carbons (Fsp3) is 0.421. The van der Waals surface area contributed by atoms with Crippen LogP contribution in [0.1, 0.15) is 21.7 Å². The Bertz CT molecular complexity index is 843. The number of rotatable bonds is 3. The highest BCUT2D eigenvalue weighted by Crippen LogP contribution is 2.17. The first-order chi connectivity index (χ1) is 13.1. The zero-order chi connectivity index (χ0) is 18.8. The summed E-state index contributed by atoms with van der Waals surface area (Å²) in [6.45, 7) is 3.96. The van der Waals surface area contributed by atoms with Gasteiger partial charge < -0.3 is 14.5 Å². The van der Waals surface area contributed by atoms with Gasteiger partial charge in [-0.15, -0.1) is 0 Å². The molecule has 3 heterocycles. The standard InChI is InChI=1S/C19H21ClN4O3/c20-15-3-1-14(2-4-15)11-18(25)23-5-6-24-16(13-23)12-17(21-24)19(26)22-7-9-27-10-8-22/h1-4,12H,5-11,13H2. The van der Waals surface area contributed by atoms with Crippen LogP contribution in [-0.4, -0.2) is 64.2 Å². The molecule has 2 amide bonds. The molecule has 0 saturated carbocycles. The molecular weight excluding hydrogens is 368 g/mol. The molecule has 0 unspecified atom stereocenters. The maximum Gasteiger partial charge on any atom is 0.274 e. The summed E-state index contributed by atoms with van der Waals surface area (Å²) in [5, 5.41) is 5.10. The highest BCUT2D eigenvalue weighted by molar-refractivity contribution is 6.30. The Hall–Kier alpha value is -2.38. The normalized spacial score (nSPS) is 16.9. The van der Waals surface area contributed by atoms with Crippen LogP contribution in [0.3, 0.4) is 0 Å². The highest BCUT2D eigenvalue weighted by atomic mass is 35.5. The van der Waals surface area contributed by atoms with Crippen LogP contribution in [0.25, 0.3) is 0 Å². The summed E-state index contributed by atoms with van der Waals surface area (Å²) in [6.07, 6.45) is 0.338. The Balaban J connectivity index is 1.42. The topological polar surface area (TPSA) is 67.7 Å². The van der Waals surface area contributed by atoms with Crippen molar-refractivity contribution in [2.24, 2.45) is 0 Å². The molecule has 0 radical (unpaired) electrons. The van der Waals surface area contributed by atoms with Crippen molar-refractivity contribution in [1.82, 2.24) is 19.6 Å². The number of hydrogen-bond acceptors (Lipinski definition) is 4. The van der Waals surface area contributed by atoms with Crippen molar-refractivity contribution < 1.29 is 14.3 Å². The third-order valence-corrected chi connectivity index (χ3v) is 5.19. The molecular formula is C19H21ClN4O3. The number of amides is 2. The van der Waals surface area contributed by atoms with Crippen molar-refractivity contribution >= 4 is 23.4 Å². The van der Waals surface area contributed by atoms with Gasteiger partial charge in [0, 0.05) is 24.7 Å². The van der Waals surface area contributed by atoms with Crippen LogP contribution in [0.5, 0.6) is 0 Å². The van der Waals surface area contributed by atoms with E-state index in [2.05, 4.69) is 5.10 Å². The molecule has 0 bridgehead atoms. The molecule has 1 fully saturated rings. The van der Waals surface area contributed by atoms with E-state index in [9.17, 15) is 9.59 Å². The second-order valence-corrected chi connectivity index (χ2v) is 7.20. The summed E-state index contributed by atoms with van der Waals surface area (Å²) in [6, 6.07) is 9.12. The highest BCUT2D eigenvalue weighted by Gasteiger charge is 2.26. The van der Waals surface area contributed by atoms with E-state index < -0.39 is 0 Å². The van der Waals surface area contributed by atoms with E-state index in [1.165, 1.54) is 0 Å². The van der Waals surface area contributed by atoms with Gasteiger partial charge in [-0.3, -0.25) is 14.3 Å². The number of carbonyl (C=O) groups excluding carboxylic acids is 2. The molecule has 0 atom stereocenters. The summed E-state index contributed by atoms with van der Waals surface area (Å²) >= 11 is 5.89. The number of benzene rings is 1. The minimum Gasteiger partial charge on any atom is -0.378 e. The third-order valence-electron chi connectivity index (χ3n) is 4.94. The molecule has 0 N–H and O–H groups in total. The van der Waals surface area contributed by atoms with Crippen LogP contribution >= 0.6 is 11.6 Å². The van der Waals surface area contributed by atoms with Gasteiger partial charge in [0.15, 0.2) is 5.69 Å². The van der Waals surface area contributed by atoms with Crippen molar-refractivity contribution in [2.45, 2.75) is 19.5 Å². The van der Waals surface area contributed by atoms with Gasteiger partial charge >= 0.3 is 0 Å². The lowest BCUT2D eigenvalue weighted by Crippen LogP contribution is -2.41. The fourth-order valence-electron chi connectivity index (χ4n) is 3.40. The van der Waals surface area contributed by atoms with Gasteiger partial charge in [0.05, 0.1) is 38.4 Å². The molecule has 2 aliphatic rings. The monoisotopic (exact) mass is 388 g/mol. The Kier molecular flexibility index (Phi) is 5.13. The molecule has 1 saturated heterocycles. The van der Waals surface area contributed by atoms with E-state index in [4.69, 9.17) is 16.3 Å². The summed E-state index contributed by atoms with van der Waals surface area (Å²) in [7, 11) is 0. The van der Waals surface area contributed by atoms with Crippen molar-refractivity contribution in [3.63, 3.8) is 0 Å². The van der Waals surface area contributed by atoms with E-state index in [-0.39, 0.29) is 11.8 Å². The van der Waals surface area contributed by atoms with Crippen LogP contribution in [-0.2, 0) is 29.0 Å². The molecule has 27 heavy (non-hydrogen) atoms. The van der Waals surface area contributed by atoms with Gasteiger partial charge in [0.2, 0.25) is 5.91 Å². The number of ether oxygens (including phenoxy) is 1. The fourth-order valence-corrected chi connectivity index (χ4v) is 3.53. The van der Waals surface area contributed by atoms with E-state index in [0.29, 0.717) is 63.1 Å². The van der Waals surface area contributed by atoms with E-state index in [1.807, 2.05) is 21.7 Å². The van der Waals surface area contributed by atoms with E-state index in [1.54, 1.807) is 23.1 Å². The van der Waals surface area contributed by atoms with Crippen LogP contribution in [0.15, 0.2) is 30.3 Å². The molecule has 2 aromatic rings. The average Bonchev–Trinajstić information content (AvgIpc) is 3.13. The van der Waals surface area contributed by atoms with Gasteiger partial charge in [-0.1, -0.05) is 23.7 Å². The first-order valence-electron chi connectivity index (χ1n) is 9.06. The second-order valence-electron chi connectivity index (χ2n) is 6.77. The average molecular weight is 389 g/mol. The number of carbonyl (C=O) groups is 2. The zero-order valence-corrected chi connectivity index (χ0v) is 15.7. The zero-order valence-electron chi connectivity index (χ0n) is 14.9. The molecule has 0 aliphatic carbocycles. The Morgan fingerprint density at radius 2 is 1.78 bits per heavy atom. The Morgan fingerprint density at radius 1 is 1.04 bits per heavy atom. The molecule has 1 aromatic carbocycles. The van der Waals surface area contributed by atoms with Crippen molar-refractivity contribution in [3.8, 4) is 0 Å². The van der Waals surface area contributed by atoms with Crippen molar-refractivity contribution in [2.75, 3.05) is 32.8 Å². The number of morpholine rings is 1. The number of fused-ring (bicyclic) bond motifs is 1. The molecule has 7 nitrogen and oxygen atoms in total. The largest absolute Gasteiger partial charge is 0.378 e. The van der Waals surface area contributed by atoms with Gasteiger partial charge in [-0.05, 0) is 23.8 Å². The predicted octanol–water partition coefficient (Wildman–Crippen LogP) is 1.59. The Labute approximate surface area is 162 Å². The van der Waals surface area contributed by atoms with Crippen LogP contribution < -0.4 is 0 Å². The summed E-state index contributed by atoms with van der Waals surface area (Å²) in [4.78, 5) is 28.8. The van der Waals surface area contributed by atoms with Crippen LogP contribution in [0, 0.1) is 0 Å². The lowest BCUT2D eigenvalue weighted by Gasteiger charge is -2.27. The molecule has 2 aliphatic heterocycles. The molecule has 0 spiro atoms. The third kappa shape index (κ3) is 3.99. The van der Waals surface area contributed by atoms with Crippen molar-refractivity contribution in [3.05, 3.63) is 52.3 Å². The lowest BCUT2D eigenvalue weighted by atomic mass is 10.1. The number of hydrogen-bond donors (Lipinski definition) is 0. The summed E-state index contributed by atoms with van der Waals surface area (Å²) in [5.41, 5.74) is 2.27. The second kappa shape index (κ2) is 7.70.